The largest absolute Gasteiger partial charge is 0.393 e. The molecule has 1 N–H and O–H groups in total. The maximum absolute atomic E-state index is 9.13. The normalized spacial score (nSPS) is 13.5. The highest BCUT2D eigenvalue weighted by molar-refractivity contribution is 7.16. The van der Waals surface area contributed by atoms with Gasteiger partial charge in [0.2, 0.25) is 0 Å². The van der Waals surface area contributed by atoms with Crippen LogP contribution in [-0.2, 0) is 6.54 Å². The van der Waals surface area contributed by atoms with Crippen molar-refractivity contribution in [2.75, 3.05) is 13.6 Å². The van der Waals surface area contributed by atoms with E-state index in [0.717, 1.165) is 23.8 Å². The molecule has 2 nitrogen and oxygen atoms in total. The number of nitrogens with zero attached hydrogens (tertiary/aromatic N) is 1. The van der Waals surface area contributed by atoms with Gasteiger partial charge in [-0.1, -0.05) is 11.6 Å². The van der Waals surface area contributed by atoms with E-state index in [4.69, 9.17) is 16.7 Å². The van der Waals surface area contributed by atoms with Gasteiger partial charge in [-0.3, -0.25) is 0 Å². The van der Waals surface area contributed by atoms with E-state index in [-0.39, 0.29) is 6.10 Å². The third-order valence-electron chi connectivity index (χ3n) is 1.98. The molecule has 0 aliphatic carbocycles. The second-order valence-electron chi connectivity index (χ2n) is 3.58. The zero-order valence-corrected chi connectivity index (χ0v) is 10.1. The van der Waals surface area contributed by atoms with E-state index in [1.54, 1.807) is 11.3 Å². The summed E-state index contributed by atoms with van der Waals surface area (Å²) < 4.78 is 0.837. The first-order valence-corrected chi connectivity index (χ1v) is 5.88. The molecule has 1 heterocycles. The zero-order valence-electron chi connectivity index (χ0n) is 8.53. The van der Waals surface area contributed by atoms with Gasteiger partial charge in [0, 0.05) is 18.0 Å². The molecule has 1 rings (SSSR count). The van der Waals surface area contributed by atoms with Crippen LogP contribution in [0.2, 0.25) is 4.34 Å². The van der Waals surface area contributed by atoms with E-state index in [2.05, 4.69) is 11.9 Å². The van der Waals surface area contributed by atoms with Gasteiger partial charge in [-0.2, -0.15) is 0 Å². The number of hydrogen-bond acceptors (Lipinski definition) is 3. The molecule has 0 bridgehead atoms. The first kappa shape index (κ1) is 12.0. The van der Waals surface area contributed by atoms with Crippen LogP contribution in [0.3, 0.4) is 0 Å². The Balaban J connectivity index is 2.30. The molecule has 4 heteroatoms. The third-order valence-corrected chi connectivity index (χ3v) is 3.20. The zero-order chi connectivity index (χ0) is 10.6. The summed E-state index contributed by atoms with van der Waals surface area (Å²) in [5.41, 5.74) is 0. The lowest BCUT2D eigenvalue weighted by atomic mass is 10.3. The minimum absolute atomic E-state index is 0.218. The van der Waals surface area contributed by atoms with Gasteiger partial charge in [0.05, 0.1) is 10.4 Å². The minimum Gasteiger partial charge on any atom is -0.393 e. The molecule has 0 amide bonds. The quantitative estimate of drug-likeness (QED) is 0.845. The summed E-state index contributed by atoms with van der Waals surface area (Å²) in [4.78, 5) is 3.46. The van der Waals surface area contributed by atoms with E-state index in [0.29, 0.717) is 0 Å². The average Bonchev–Trinajstić information content (AvgIpc) is 2.48. The molecule has 0 fully saturated rings. The third kappa shape index (κ3) is 4.42. The van der Waals surface area contributed by atoms with Crippen molar-refractivity contribution in [1.82, 2.24) is 4.90 Å². The first-order chi connectivity index (χ1) is 6.58. The molecule has 0 spiro atoms. The number of aliphatic hydroxyl groups is 1. The molecule has 0 aliphatic heterocycles. The molecule has 1 aromatic heterocycles. The first-order valence-electron chi connectivity index (χ1n) is 4.68. The number of rotatable bonds is 5. The summed E-state index contributed by atoms with van der Waals surface area (Å²) in [5.74, 6) is 0. The standard InChI is InChI=1S/C10H16ClNOS/c1-8(13)5-6-12(2)7-9-3-4-10(11)14-9/h3-4,8,13H,5-7H2,1-2H3. The van der Waals surface area contributed by atoms with Gasteiger partial charge in [-0.05, 0) is 32.5 Å². The maximum atomic E-state index is 9.13. The van der Waals surface area contributed by atoms with Crippen molar-refractivity contribution in [2.45, 2.75) is 26.0 Å². The lowest BCUT2D eigenvalue weighted by Gasteiger charge is -2.16. The molecule has 0 radical (unpaired) electrons. The molecule has 0 aromatic carbocycles. The summed E-state index contributed by atoms with van der Waals surface area (Å²) >= 11 is 7.44. The molecule has 0 aliphatic rings. The Labute approximate surface area is 94.1 Å². The van der Waals surface area contributed by atoms with Crippen LogP contribution in [0, 0.1) is 0 Å². The van der Waals surface area contributed by atoms with Crippen LogP contribution >= 0.6 is 22.9 Å². The molecule has 14 heavy (non-hydrogen) atoms. The Kier molecular flexibility index (Phi) is 4.89. The van der Waals surface area contributed by atoms with Crippen LogP contribution in [-0.4, -0.2) is 29.7 Å². The number of aliphatic hydroxyl groups excluding tert-OH is 1. The van der Waals surface area contributed by atoms with Crippen molar-refractivity contribution in [3.8, 4) is 0 Å². The van der Waals surface area contributed by atoms with Crippen molar-refractivity contribution in [1.29, 1.82) is 0 Å². The number of hydrogen-bond donors (Lipinski definition) is 1. The molecule has 1 atom stereocenters. The van der Waals surface area contributed by atoms with Crippen LogP contribution in [0.5, 0.6) is 0 Å². The lowest BCUT2D eigenvalue weighted by molar-refractivity contribution is 0.163. The fraction of sp³-hybridized carbons (Fsp3) is 0.600. The van der Waals surface area contributed by atoms with Crippen molar-refractivity contribution in [3.63, 3.8) is 0 Å². The maximum Gasteiger partial charge on any atom is 0.0931 e. The van der Waals surface area contributed by atoms with Crippen LogP contribution in [0.4, 0.5) is 0 Å². The molecular weight excluding hydrogens is 218 g/mol. The van der Waals surface area contributed by atoms with Gasteiger partial charge in [-0.15, -0.1) is 11.3 Å². The molecule has 1 unspecified atom stereocenters. The molecule has 80 valence electrons. The average molecular weight is 234 g/mol. The fourth-order valence-electron chi connectivity index (χ4n) is 1.19. The Bertz CT molecular complexity index is 275. The SMILES string of the molecule is CC(O)CCN(C)Cc1ccc(Cl)s1. The number of thiophene rings is 1. The minimum atomic E-state index is -0.218. The summed E-state index contributed by atoms with van der Waals surface area (Å²) in [6.07, 6.45) is 0.597. The highest BCUT2D eigenvalue weighted by atomic mass is 35.5. The second-order valence-corrected chi connectivity index (χ2v) is 5.38. The highest BCUT2D eigenvalue weighted by Gasteiger charge is 2.04. The van der Waals surface area contributed by atoms with E-state index in [9.17, 15) is 0 Å². The van der Waals surface area contributed by atoms with Crippen molar-refractivity contribution in [3.05, 3.63) is 21.3 Å². The van der Waals surface area contributed by atoms with Gasteiger partial charge in [0.25, 0.3) is 0 Å². The Morgan fingerprint density at radius 1 is 1.57 bits per heavy atom. The smallest absolute Gasteiger partial charge is 0.0931 e. The molecule has 0 saturated carbocycles. The fourth-order valence-corrected chi connectivity index (χ4v) is 2.36. The monoisotopic (exact) mass is 233 g/mol. The Hall–Kier alpha value is -0.0900. The van der Waals surface area contributed by atoms with E-state index in [1.165, 1.54) is 4.88 Å². The van der Waals surface area contributed by atoms with Gasteiger partial charge in [0.1, 0.15) is 0 Å². The second kappa shape index (κ2) is 5.71. The van der Waals surface area contributed by atoms with Crippen LogP contribution in [0.1, 0.15) is 18.2 Å². The molecular formula is C10H16ClNOS. The molecule has 1 aromatic rings. The topological polar surface area (TPSA) is 23.5 Å². The van der Waals surface area contributed by atoms with E-state index >= 15 is 0 Å². The van der Waals surface area contributed by atoms with Gasteiger partial charge in [0.15, 0.2) is 0 Å². The van der Waals surface area contributed by atoms with Gasteiger partial charge in [-0.25, -0.2) is 0 Å². The van der Waals surface area contributed by atoms with Crippen molar-refractivity contribution >= 4 is 22.9 Å². The van der Waals surface area contributed by atoms with Crippen LogP contribution in [0.15, 0.2) is 12.1 Å². The summed E-state index contributed by atoms with van der Waals surface area (Å²) in [6, 6.07) is 3.97. The lowest BCUT2D eigenvalue weighted by Crippen LogP contribution is -2.21. The van der Waals surface area contributed by atoms with Gasteiger partial charge < -0.3 is 10.0 Å². The summed E-state index contributed by atoms with van der Waals surface area (Å²) in [6.45, 7) is 3.63. The Morgan fingerprint density at radius 2 is 2.29 bits per heavy atom. The van der Waals surface area contributed by atoms with Crippen molar-refractivity contribution in [2.24, 2.45) is 0 Å². The predicted octanol–water partition coefficient (Wildman–Crippen LogP) is 2.60. The van der Waals surface area contributed by atoms with E-state index < -0.39 is 0 Å². The summed E-state index contributed by atoms with van der Waals surface area (Å²) in [7, 11) is 2.05. The van der Waals surface area contributed by atoms with Crippen LogP contribution < -0.4 is 0 Å². The molecule has 0 saturated heterocycles. The van der Waals surface area contributed by atoms with Gasteiger partial charge >= 0.3 is 0 Å². The number of halogens is 1. The van der Waals surface area contributed by atoms with Crippen molar-refractivity contribution < 1.29 is 5.11 Å². The predicted molar refractivity (Wildman–Crippen MR) is 62.0 cm³/mol. The highest BCUT2D eigenvalue weighted by Crippen LogP contribution is 2.22. The summed E-state index contributed by atoms with van der Waals surface area (Å²) in [5, 5.41) is 9.13. The van der Waals surface area contributed by atoms with Crippen LogP contribution in [0.25, 0.3) is 0 Å². The van der Waals surface area contributed by atoms with E-state index in [1.807, 2.05) is 19.1 Å². The Morgan fingerprint density at radius 3 is 2.79 bits per heavy atom.